The first-order valence-electron chi connectivity index (χ1n) is 26.4. The molecule has 15 rings (SSSR count). The Morgan fingerprint density at radius 3 is 1.48 bits per heavy atom. The molecule has 15 aromatic rings. The van der Waals surface area contributed by atoms with Gasteiger partial charge in [-0.05, 0) is 165 Å². The van der Waals surface area contributed by atoms with E-state index in [9.17, 15) is 0 Å². The lowest BCUT2D eigenvalue weighted by atomic mass is 9.94. The van der Waals surface area contributed by atoms with Crippen molar-refractivity contribution in [2.75, 3.05) is 4.90 Å². The molecule has 0 aliphatic carbocycles. The molecule has 3 nitrogen and oxygen atoms in total. The monoisotopic (exact) mass is 999 g/mol. The Hall–Kier alpha value is -9.74. The summed E-state index contributed by atoms with van der Waals surface area (Å²) < 4.78 is 7.52. The summed E-state index contributed by atoms with van der Waals surface area (Å²) in [7, 11) is 0. The van der Waals surface area contributed by atoms with Gasteiger partial charge >= 0.3 is 0 Å². The molecule has 0 radical (unpaired) electrons. The molecule has 4 heteroatoms. The molecule has 362 valence electrons. The van der Waals surface area contributed by atoms with Gasteiger partial charge in [-0.15, -0.1) is 11.3 Å². The molecule has 0 unspecified atom stereocenters. The topological polar surface area (TPSA) is 13.1 Å². The fourth-order valence-electron chi connectivity index (χ4n) is 12.4. The van der Waals surface area contributed by atoms with E-state index in [2.05, 4.69) is 288 Å². The third-order valence-electron chi connectivity index (χ3n) is 15.8. The van der Waals surface area contributed by atoms with E-state index < -0.39 is 0 Å². The first-order valence-corrected chi connectivity index (χ1v) is 27.2. The van der Waals surface area contributed by atoms with Crippen LogP contribution in [0.1, 0.15) is 6.92 Å². The second-order valence-electron chi connectivity index (χ2n) is 20.0. The average molecular weight is 1000 g/mol. The van der Waals surface area contributed by atoms with Gasteiger partial charge in [0.2, 0.25) is 0 Å². The number of nitrogens with zero attached hydrogens (tertiary/aromatic N) is 3. The largest absolute Gasteiger partial charge is 0.311 e. The summed E-state index contributed by atoms with van der Waals surface area (Å²) in [5, 5.41) is 15.1. The van der Waals surface area contributed by atoms with Crippen LogP contribution < -0.4 is 4.90 Å². The quantitative estimate of drug-likeness (QED) is 0.104. The van der Waals surface area contributed by atoms with Gasteiger partial charge in [-0.3, -0.25) is 0 Å². The average Bonchev–Trinajstić information content (AvgIpc) is 4.35. The predicted octanol–water partition coefficient (Wildman–Crippen LogP) is 20.8. The number of rotatable bonds is 9. The molecule has 0 bridgehead atoms. The maximum atomic E-state index is 4.12. The Labute approximate surface area is 450 Å². The summed E-state index contributed by atoms with van der Waals surface area (Å²) in [6.45, 7) is 6.19. The van der Waals surface area contributed by atoms with Gasteiger partial charge in [0.1, 0.15) is 0 Å². The number of aromatic nitrogens is 2. The molecule has 3 aromatic heterocycles. The molecule has 0 saturated carbocycles. The Morgan fingerprint density at radius 2 is 0.857 bits per heavy atom. The number of anilines is 2. The number of benzene rings is 12. The van der Waals surface area contributed by atoms with Crippen LogP contribution in [0.3, 0.4) is 0 Å². The van der Waals surface area contributed by atoms with E-state index in [4.69, 9.17) is 0 Å². The van der Waals surface area contributed by atoms with E-state index in [1.54, 1.807) is 0 Å². The van der Waals surface area contributed by atoms with Gasteiger partial charge in [-0.25, -0.2) is 0 Å². The van der Waals surface area contributed by atoms with Crippen LogP contribution in [-0.2, 0) is 0 Å². The number of para-hydroxylation sites is 2. The van der Waals surface area contributed by atoms with Crippen molar-refractivity contribution in [2.45, 2.75) is 6.92 Å². The van der Waals surface area contributed by atoms with Crippen molar-refractivity contribution >= 4 is 119 Å². The second-order valence-corrected chi connectivity index (χ2v) is 21.1. The minimum Gasteiger partial charge on any atom is -0.311 e. The molecular weight excluding hydrogens is 951 g/mol. The summed E-state index contributed by atoms with van der Waals surface area (Å²) in [6.07, 6.45) is 8.19. The molecule has 0 fully saturated rings. The normalized spacial score (nSPS) is 12.3. The van der Waals surface area contributed by atoms with Gasteiger partial charge in [-0.1, -0.05) is 170 Å². The molecule has 77 heavy (non-hydrogen) atoms. The molecule has 0 aliphatic rings. The van der Waals surface area contributed by atoms with Gasteiger partial charge in [0, 0.05) is 70.2 Å². The maximum Gasteiger partial charge on any atom is 0.0542 e. The highest BCUT2D eigenvalue weighted by Gasteiger charge is 2.20. The molecular formula is C73H49N3S. The number of hydrogen-bond acceptors (Lipinski definition) is 2. The van der Waals surface area contributed by atoms with Crippen LogP contribution in [0.15, 0.2) is 279 Å². The Kier molecular flexibility index (Phi) is 10.4. The number of allylic oxidation sites excluding steroid dienone is 4. The van der Waals surface area contributed by atoms with Gasteiger partial charge in [0.15, 0.2) is 0 Å². The van der Waals surface area contributed by atoms with Crippen LogP contribution in [-0.4, -0.2) is 9.13 Å². The SMILES string of the molecule is C=C/C=C(\C=C/C)N(c1ccc(-c2ccc3c(c2)c2cc(-n4c5ccccc5c5ccccc54)ccc2n3-c2ccc3c4ccccc4c4ccccc4c3c2)cc1)c1ccc(-c2cccc3sc4ccccc4c23)cc1. The fraction of sp³-hybridized carbons (Fsp3) is 0.0137. The third kappa shape index (κ3) is 7.10. The van der Waals surface area contributed by atoms with E-state index in [0.29, 0.717) is 0 Å². The molecule has 0 N–H and O–H groups in total. The van der Waals surface area contributed by atoms with E-state index in [-0.39, 0.29) is 0 Å². The third-order valence-corrected chi connectivity index (χ3v) is 16.9. The lowest BCUT2D eigenvalue weighted by molar-refractivity contribution is 1.17. The molecule has 3 heterocycles. The van der Waals surface area contributed by atoms with Gasteiger partial charge in [0.05, 0.1) is 22.1 Å². The van der Waals surface area contributed by atoms with Crippen LogP contribution >= 0.6 is 11.3 Å². The molecule has 0 aliphatic heterocycles. The summed E-state index contributed by atoms with van der Waals surface area (Å²) >= 11 is 1.86. The zero-order valence-corrected chi connectivity index (χ0v) is 43.2. The molecule has 0 spiro atoms. The van der Waals surface area contributed by atoms with Crippen molar-refractivity contribution in [1.82, 2.24) is 9.13 Å². The molecule has 12 aromatic carbocycles. The van der Waals surface area contributed by atoms with Crippen molar-refractivity contribution < 1.29 is 0 Å². The Bertz CT molecular complexity index is 4860. The van der Waals surface area contributed by atoms with Gasteiger partial charge in [0.25, 0.3) is 0 Å². The summed E-state index contributed by atoms with van der Waals surface area (Å²) in [5.74, 6) is 0. The van der Waals surface area contributed by atoms with Crippen molar-refractivity contribution in [1.29, 1.82) is 0 Å². The lowest BCUT2D eigenvalue weighted by Crippen LogP contribution is -2.15. The van der Waals surface area contributed by atoms with E-state index in [1.165, 1.54) is 96.2 Å². The van der Waals surface area contributed by atoms with E-state index >= 15 is 0 Å². The standard InChI is InChI=1S/C73H49N3S/c1-3-16-50(17-4-2)74(52-37-32-48(33-38-52)55-25-15-29-72-73(55)63-24-11-14-28-71(63)77-72)51-35-30-47(31-36-51)49-34-42-69-65(44-49)66-46-54(75-67-26-12-9-22-61(67)62-23-10-13-27-68(62)75)40-43-70(66)76(69)53-39-41-60-58-20-6-5-18-56(58)57-19-7-8-21-59(57)64(60)45-53/h3-46H,1H2,2H3/b17-4-,50-16+. The van der Waals surface area contributed by atoms with Crippen LogP contribution in [0, 0.1) is 0 Å². The molecule has 0 atom stereocenters. The number of hydrogen-bond donors (Lipinski definition) is 0. The second kappa shape index (κ2) is 18.0. The van der Waals surface area contributed by atoms with Crippen LogP contribution in [0.2, 0.25) is 0 Å². The maximum absolute atomic E-state index is 4.12. The summed E-state index contributed by atoms with van der Waals surface area (Å²) in [4.78, 5) is 2.32. The zero-order chi connectivity index (χ0) is 51.1. The Balaban J connectivity index is 0.876. The van der Waals surface area contributed by atoms with Gasteiger partial charge < -0.3 is 14.0 Å². The number of thiophene rings is 1. The van der Waals surface area contributed by atoms with Crippen molar-refractivity contribution in [3.8, 4) is 33.6 Å². The van der Waals surface area contributed by atoms with Crippen LogP contribution in [0.25, 0.3) is 130 Å². The summed E-state index contributed by atoms with van der Waals surface area (Å²) in [6, 6.07) is 89.8. The van der Waals surface area contributed by atoms with Crippen molar-refractivity contribution in [3.63, 3.8) is 0 Å². The van der Waals surface area contributed by atoms with Crippen LogP contribution in [0.4, 0.5) is 11.4 Å². The highest BCUT2D eigenvalue weighted by Crippen LogP contribution is 2.44. The minimum atomic E-state index is 1.03. The van der Waals surface area contributed by atoms with E-state index in [0.717, 1.165) is 50.6 Å². The lowest BCUT2D eigenvalue weighted by Gasteiger charge is -2.27. The fourth-order valence-corrected chi connectivity index (χ4v) is 13.5. The zero-order valence-electron chi connectivity index (χ0n) is 42.4. The number of fused-ring (bicyclic) bond motifs is 15. The van der Waals surface area contributed by atoms with Gasteiger partial charge in [-0.2, -0.15) is 0 Å². The summed E-state index contributed by atoms with van der Waals surface area (Å²) in [5.41, 5.74) is 14.9. The van der Waals surface area contributed by atoms with E-state index in [1.807, 2.05) is 17.4 Å². The Morgan fingerprint density at radius 1 is 0.390 bits per heavy atom. The highest BCUT2D eigenvalue weighted by atomic mass is 32.1. The first-order chi connectivity index (χ1) is 38.1. The highest BCUT2D eigenvalue weighted by molar-refractivity contribution is 7.25. The predicted molar refractivity (Wildman–Crippen MR) is 333 cm³/mol. The first kappa shape index (κ1) is 44.7. The molecule has 0 saturated heterocycles. The molecule has 0 amide bonds. The minimum absolute atomic E-state index is 1.03. The smallest absolute Gasteiger partial charge is 0.0542 e. The van der Waals surface area contributed by atoms with Crippen molar-refractivity contribution in [2.24, 2.45) is 0 Å². The van der Waals surface area contributed by atoms with Crippen molar-refractivity contribution in [3.05, 3.63) is 279 Å². The van der Waals surface area contributed by atoms with Crippen LogP contribution in [0.5, 0.6) is 0 Å².